The molecule has 1 fully saturated rings. The van der Waals surface area contributed by atoms with Gasteiger partial charge in [0.15, 0.2) is 10.9 Å². The van der Waals surface area contributed by atoms with Crippen LogP contribution in [-0.4, -0.2) is 38.8 Å². The first-order chi connectivity index (χ1) is 18.2. The number of thioether (sulfide) groups is 1. The highest BCUT2D eigenvalue weighted by atomic mass is 32.2. The summed E-state index contributed by atoms with van der Waals surface area (Å²) in [4.78, 5) is 24.1. The van der Waals surface area contributed by atoms with Gasteiger partial charge in [-0.1, -0.05) is 61.4 Å². The Morgan fingerprint density at radius 3 is 2.47 bits per heavy atom. The van der Waals surface area contributed by atoms with Gasteiger partial charge in [0.05, 0.1) is 11.3 Å². The third-order valence-electron chi connectivity index (χ3n) is 6.72. The van der Waals surface area contributed by atoms with E-state index in [0.717, 1.165) is 23.9 Å². The highest BCUT2D eigenvalue weighted by Crippen LogP contribution is 2.34. The first-order valence-electron chi connectivity index (χ1n) is 12.8. The van der Waals surface area contributed by atoms with E-state index in [1.165, 1.54) is 50.7 Å². The van der Waals surface area contributed by atoms with E-state index in [0.29, 0.717) is 41.8 Å². The minimum absolute atomic E-state index is 0.0752. The van der Waals surface area contributed by atoms with Gasteiger partial charge in [0, 0.05) is 31.1 Å². The van der Waals surface area contributed by atoms with Crippen molar-refractivity contribution in [3.63, 3.8) is 0 Å². The minimum Gasteiger partial charge on any atom is -0.356 e. The van der Waals surface area contributed by atoms with Crippen LogP contribution in [0.2, 0.25) is 0 Å². The maximum absolute atomic E-state index is 13.4. The highest BCUT2D eigenvalue weighted by Gasteiger charge is 2.31. The van der Waals surface area contributed by atoms with Gasteiger partial charge in [0.1, 0.15) is 5.82 Å². The van der Waals surface area contributed by atoms with E-state index in [1.54, 1.807) is 10.6 Å². The van der Waals surface area contributed by atoms with Crippen molar-refractivity contribution in [2.75, 3.05) is 12.3 Å². The molecule has 1 N–H and O–H groups in total. The number of nitrogens with zero attached hydrogens (tertiary/aromatic N) is 3. The molecule has 6 nitrogen and oxygen atoms in total. The lowest BCUT2D eigenvalue weighted by molar-refractivity contribution is -0.137. The van der Waals surface area contributed by atoms with Crippen molar-refractivity contribution in [1.82, 2.24) is 20.1 Å². The van der Waals surface area contributed by atoms with E-state index < -0.39 is 11.7 Å². The lowest BCUT2D eigenvalue weighted by atomic mass is 9.84. The first-order valence-corrected chi connectivity index (χ1v) is 13.8. The van der Waals surface area contributed by atoms with Crippen LogP contribution >= 0.6 is 11.8 Å². The maximum Gasteiger partial charge on any atom is 0.416 e. The molecule has 0 atom stereocenters. The Morgan fingerprint density at radius 2 is 1.79 bits per heavy atom. The number of nitrogens with one attached hydrogen (secondary N) is 1. The zero-order chi connectivity index (χ0) is 27.1. The summed E-state index contributed by atoms with van der Waals surface area (Å²) in [5.41, 5.74) is 1.35. The molecule has 1 saturated carbocycles. The Labute approximate surface area is 224 Å². The Kier molecular flexibility index (Phi) is 9.25. The van der Waals surface area contributed by atoms with Crippen molar-refractivity contribution < 1.29 is 22.8 Å². The number of benzene rings is 2. The van der Waals surface area contributed by atoms with Crippen molar-refractivity contribution in [2.24, 2.45) is 0 Å². The summed E-state index contributed by atoms with van der Waals surface area (Å²) in [6.07, 6.45) is 2.56. The van der Waals surface area contributed by atoms with Crippen LogP contribution in [-0.2, 0) is 17.4 Å². The quantitative estimate of drug-likeness (QED) is 0.182. The fraction of sp³-hybridized carbons (Fsp3) is 0.429. The van der Waals surface area contributed by atoms with Crippen molar-refractivity contribution in [2.45, 2.75) is 69.1 Å². The summed E-state index contributed by atoms with van der Waals surface area (Å²) in [6.45, 7) is 1.82. The minimum atomic E-state index is -4.50. The number of halogens is 3. The van der Waals surface area contributed by atoms with E-state index in [9.17, 15) is 22.8 Å². The Bertz CT molecular complexity index is 1250. The first kappa shape index (κ1) is 27.9. The number of carbonyl (C=O) groups is 2. The van der Waals surface area contributed by atoms with Crippen molar-refractivity contribution >= 4 is 23.5 Å². The number of ketones is 1. The molecule has 1 aliphatic carbocycles. The summed E-state index contributed by atoms with van der Waals surface area (Å²) >= 11 is 1.14. The zero-order valence-electron chi connectivity index (χ0n) is 21.3. The molecule has 2 aromatic carbocycles. The monoisotopic (exact) mass is 544 g/mol. The van der Waals surface area contributed by atoms with Crippen LogP contribution in [0.15, 0.2) is 53.7 Å². The van der Waals surface area contributed by atoms with Crippen LogP contribution in [0.3, 0.4) is 0 Å². The molecule has 0 radical (unpaired) electrons. The standard InChI is InChI=1S/C28H31F3N4O2S/c1-19(36)32-16-6-11-26-33-34-27(35(26)24-10-5-9-23(17-24)28(29,30)31)38-18-25(37)22-14-12-21(13-15-22)20-7-3-2-4-8-20/h5,9-10,12-15,17,20H,2-4,6-8,11,16,18H2,1H3,(H,32,36). The summed E-state index contributed by atoms with van der Waals surface area (Å²) in [5, 5.41) is 11.4. The molecule has 3 aromatic rings. The lowest BCUT2D eigenvalue weighted by Crippen LogP contribution is -2.21. The average molecular weight is 545 g/mol. The summed E-state index contributed by atoms with van der Waals surface area (Å²) in [5.74, 6) is 0.840. The summed E-state index contributed by atoms with van der Waals surface area (Å²) < 4.78 is 41.7. The molecule has 0 bridgehead atoms. The van der Waals surface area contributed by atoms with Gasteiger partial charge in [-0.2, -0.15) is 13.2 Å². The maximum atomic E-state index is 13.4. The van der Waals surface area contributed by atoms with E-state index >= 15 is 0 Å². The second-order valence-electron chi connectivity index (χ2n) is 9.54. The van der Waals surface area contributed by atoms with Crippen molar-refractivity contribution in [3.05, 3.63) is 71.0 Å². The summed E-state index contributed by atoms with van der Waals surface area (Å²) in [6, 6.07) is 12.8. The second-order valence-corrected chi connectivity index (χ2v) is 10.5. The molecule has 0 unspecified atom stereocenters. The molecule has 1 heterocycles. The van der Waals surface area contributed by atoms with Gasteiger partial charge in [-0.15, -0.1) is 10.2 Å². The predicted octanol–water partition coefficient (Wildman–Crippen LogP) is 6.38. The molecule has 1 aromatic heterocycles. The molecule has 10 heteroatoms. The van der Waals surface area contributed by atoms with Crippen LogP contribution in [0.25, 0.3) is 5.69 Å². The van der Waals surface area contributed by atoms with Crippen molar-refractivity contribution in [1.29, 1.82) is 0 Å². The molecule has 4 rings (SSSR count). The number of alkyl halides is 3. The normalized spacial score (nSPS) is 14.4. The number of Topliss-reactive ketones (excluding diaryl/α,β-unsaturated/α-hetero) is 1. The Balaban J connectivity index is 1.50. The number of hydrogen-bond acceptors (Lipinski definition) is 5. The third kappa shape index (κ3) is 7.24. The lowest BCUT2D eigenvalue weighted by Gasteiger charge is -2.22. The van der Waals surface area contributed by atoms with E-state index in [4.69, 9.17) is 0 Å². The summed E-state index contributed by atoms with van der Waals surface area (Å²) in [7, 11) is 0. The number of carbonyl (C=O) groups excluding carboxylic acids is 2. The number of rotatable bonds is 10. The SMILES string of the molecule is CC(=O)NCCCc1nnc(SCC(=O)c2ccc(C3CCCCC3)cc2)n1-c1cccc(C(F)(F)F)c1. The van der Waals surface area contributed by atoms with Gasteiger partial charge in [-0.25, -0.2) is 0 Å². The molecular formula is C28H31F3N4O2S. The van der Waals surface area contributed by atoms with Gasteiger partial charge in [-0.05, 0) is 48.9 Å². The van der Waals surface area contributed by atoms with Gasteiger partial charge >= 0.3 is 6.18 Å². The molecule has 0 aliphatic heterocycles. The topological polar surface area (TPSA) is 76.9 Å². The van der Waals surface area contributed by atoms with Gasteiger partial charge in [0.25, 0.3) is 0 Å². The van der Waals surface area contributed by atoms with Crippen molar-refractivity contribution in [3.8, 4) is 5.69 Å². The van der Waals surface area contributed by atoms with Crippen LogP contribution in [0.1, 0.15) is 78.7 Å². The number of aromatic nitrogens is 3. The van der Waals surface area contributed by atoms with E-state index in [-0.39, 0.29) is 23.1 Å². The third-order valence-corrected chi connectivity index (χ3v) is 7.65. The smallest absolute Gasteiger partial charge is 0.356 e. The number of hydrogen-bond donors (Lipinski definition) is 1. The van der Waals surface area contributed by atoms with Crippen LogP contribution in [0.4, 0.5) is 13.2 Å². The number of amides is 1. The van der Waals surface area contributed by atoms with Crippen LogP contribution in [0.5, 0.6) is 0 Å². The van der Waals surface area contributed by atoms with Gasteiger partial charge in [0.2, 0.25) is 5.91 Å². The second kappa shape index (κ2) is 12.6. The molecule has 38 heavy (non-hydrogen) atoms. The Hall–Kier alpha value is -3.14. The zero-order valence-corrected chi connectivity index (χ0v) is 22.1. The molecule has 1 aliphatic rings. The molecule has 202 valence electrons. The number of aryl methyl sites for hydroxylation is 1. The molecule has 0 saturated heterocycles. The predicted molar refractivity (Wildman–Crippen MR) is 141 cm³/mol. The molecule has 1 amide bonds. The largest absolute Gasteiger partial charge is 0.416 e. The van der Waals surface area contributed by atoms with E-state index in [2.05, 4.69) is 15.5 Å². The Morgan fingerprint density at radius 1 is 1.05 bits per heavy atom. The van der Waals surface area contributed by atoms with Gasteiger partial charge in [-0.3, -0.25) is 14.2 Å². The fourth-order valence-electron chi connectivity index (χ4n) is 4.74. The molecule has 0 spiro atoms. The van der Waals surface area contributed by atoms with Crippen LogP contribution in [0, 0.1) is 0 Å². The van der Waals surface area contributed by atoms with Gasteiger partial charge < -0.3 is 5.32 Å². The fourth-order valence-corrected chi connectivity index (χ4v) is 5.60. The van der Waals surface area contributed by atoms with E-state index in [1.807, 2.05) is 24.3 Å². The van der Waals surface area contributed by atoms with Crippen LogP contribution < -0.4 is 5.32 Å². The average Bonchev–Trinajstić information content (AvgIpc) is 3.32. The molecular weight excluding hydrogens is 513 g/mol. The highest BCUT2D eigenvalue weighted by molar-refractivity contribution is 7.99.